The lowest BCUT2D eigenvalue weighted by Gasteiger charge is -2.20. The Labute approximate surface area is 209 Å². The van der Waals surface area contributed by atoms with E-state index in [1.807, 2.05) is 32.0 Å². The summed E-state index contributed by atoms with van der Waals surface area (Å²) < 4.78 is 11.6. The maximum absolute atomic E-state index is 13.2. The van der Waals surface area contributed by atoms with Crippen molar-refractivity contribution in [1.29, 1.82) is 0 Å². The molecule has 2 N–H and O–H groups in total. The average Bonchev–Trinajstić information content (AvgIpc) is 3.00. The summed E-state index contributed by atoms with van der Waals surface area (Å²) >= 11 is 0. The molecule has 1 unspecified atom stereocenters. The summed E-state index contributed by atoms with van der Waals surface area (Å²) in [6.45, 7) is 3.58. The van der Waals surface area contributed by atoms with Crippen LogP contribution in [0.2, 0.25) is 0 Å². The van der Waals surface area contributed by atoms with Gasteiger partial charge in [0.1, 0.15) is 35.6 Å². The summed E-state index contributed by atoms with van der Waals surface area (Å²) in [7, 11) is 1.62. The minimum Gasteiger partial charge on any atom is -0.489 e. The summed E-state index contributed by atoms with van der Waals surface area (Å²) in [5, 5.41) is 12.1. The van der Waals surface area contributed by atoms with Crippen LogP contribution >= 0.6 is 0 Å². The van der Waals surface area contributed by atoms with Gasteiger partial charge in [-0.25, -0.2) is 0 Å². The molecule has 2 aromatic carbocycles. The van der Waals surface area contributed by atoms with Crippen molar-refractivity contribution in [2.24, 2.45) is 5.41 Å². The molecule has 3 aromatic rings. The molecular formula is C28H27N3O5. The van der Waals surface area contributed by atoms with Crippen molar-refractivity contribution in [3.63, 3.8) is 0 Å². The van der Waals surface area contributed by atoms with E-state index < -0.39 is 17.4 Å². The lowest BCUT2D eigenvalue weighted by Crippen LogP contribution is -2.49. The highest BCUT2D eigenvalue weighted by Crippen LogP contribution is 2.31. The Kier molecular flexibility index (Phi) is 7.23. The Morgan fingerprint density at radius 2 is 1.97 bits per heavy atom. The van der Waals surface area contributed by atoms with E-state index in [0.717, 1.165) is 0 Å². The normalized spacial score (nSPS) is 15.1. The standard InChI is InChI=1S/C28H27N3O5/c1-28(2,18-32)13-11-19-9-10-25-24(15-19)31(3)27(34)23(17-35-25)30-26(33)22-16-21(12-14-29-22)36-20-7-5-4-6-8-20/h4-10,12,14-16,23,32H,17-18H2,1-3H3,(H,30,33). The minimum atomic E-state index is -0.918. The van der Waals surface area contributed by atoms with Crippen LogP contribution in [0.15, 0.2) is 66.9 Å². The number of carbonyl (C=O) groups excluding carboxylic acids is 2. The quantitative estimate of drug-likeness (QED) is 0.538. The third-order valence-corrected chi connectivity index (χ3v) is 5.54. The monoisotopic (exact) mass is 485 g/mol. The van der Waals surface area contributed by atoms with Crippen molar-refractivity contribution in [2.45, 2.75) is 19.9 Å². The van der Waals surface area contributed by atoms with Gasteiger partial charge in [-0.1, -0.05) is 30.0 Å². The predicted molar refractivity (Wildman–Crippen MR) is 135 cm³/mol. The molecule has 36 heavy (non-hydrogen) atoms. The maximum Gasteiger partial charge on any atom is 0.270 e. The van der Waals surface area contributed by atoms with Crippen molar-refractivity contribution < 1.29 is 24.2 Å². The molecule has 184 valence electrons. The molecule has 8 heteroatoms. The van der Waals surface area contributed by atoms with Gasteiger partial charge < -0.3 is 24.8 Å². The molecule has 1 aliphatic heterocycles. The van der Waals surface area contributed by atoms with Crippen LogP contribution < -0.4 is 19.7 Å². The first kappa shape index (κ1) is 24.8. The molecule has 4 rings (SSSR count). The maximum atomic E-state index is 13.2. The second kappa shape index (κ2) is 10.5. The topological polar surface area (TPSA) is 101 Å². The highest BCUT2D eigenvalue weighted by molar-refractivity contribution is 6.03. The number of aromatic nitrogens is 1. The Morgan fingerprint density at radius 1 is 1.19 bits per heavy atom. The smallest absolute Gasteiger partial charge is 0.270 e. The molecule has 2 heterocycles. The molecule has 0 bridgehead atoms. The molecule has 0 fully saturated rings. The van der Waals surface area contributed by atoms with Gasteiger partial charge in [-0.05, 0) is 50.2 Å². The number of aliphatic hydroxyl groups excluding tert-OH is 1. The number of nitrogens with one attached hydrogen (secondary N) is 1. The highest BCUT2D eigenvalue weighted by atomic mass is 16.5. The Balaban J connectivity index is 1.48. The number of ether oxygens (including phenoxy) is 2. The summed E-state index contributed by atoms with van der Waals surface area (Å²) in [5.41, 5.74) is 0.796. The zero-order chi connectivity index (χ0) is 25.7. The predicted octanol–water partition coefficient (Wildman–Crippen LogP) is 3.40. The van der Waals surface area contributed by atoms with Crippen LogP contribution in [0.5, 0.6) is 17.2 Å². The van der Waals surface area contributed by atoms with Crippen LogP contribution in [-0.2, 0) is 4.79 Å². The number of fused-ring (bicyclic) bond motifs is 1. The van der Waals surface area contributed by atoms with Crippen LogP contribution in [0, 0.1) is 17.3 Å². The average molecular weight is 486 g/mol. The van der Waals surface area contributed by atoms with Gasteiger partial charge in [0.25, 0.3) is 11.8 Å². The number of anilines is 1. The largest absolute Gasteiger partial charge is 0.489 e. The Bertz CT molecular complexity index is 1330. The van der Waals surface area contributed by atoms with E-state index in [4.69, 9.17) is 9.47 Å². The lowest BCUT2D eigenvalue weighted by molar-refractivity contribution is -0.120. The van der Waals surface area contributed by atoms with Crippen molar-refractivity contribution in [3.8, 4) is 29.1 Å². The number of amides is 2. The molecule has 0 aliphatic carbocycles. The fraction of sp³-hybridized carbons (Fsp3) is 0.250. The van der Waals surface area contributed by atoms with Gasteiger partial charge in [0.05, 0.1) is 12.3 Å². The number of hydrogen-bond acceptors (Lipinski definition) is 6. The Hall–Kier alpha value is -4.35. The number of pyridine rings is 1. The summed E-state index contributed by atoms with van der Waals surface area (Å²) in [6, 6.07) is 16.7. The van der Waals surface area contributed by atoms with E-state index in [2.05, 4.69) is 22.1 Å². The molecule has 8 nitrogen and oxygen atoms in total. The van der Waals surface area contributed by atoms with Crippen molar-refractivity contribution in [1.82, 2.24) is 10.3 Å². The second-order valence-electron chi connectivity index (χ2n) is 9.00. The lowest BCUT2D eigenvalue weighted by atomic mass is 9.95. The van der Waals surface area contributed by atoms with E-state index in [1.165, 1.54) is 17.2 Å². The first-order chi connectivity index (χ1) is 17.3. The van der Waals surface area contributed by atoms with Crippen molar-refractivity contribution in [2.75, 3.05) is 25.2 Å². The Morgan fingerprint density at radius 3 is 2.72 bits per heavy atom. The molecule has 0 saturated carbocycles. The SMILES string of the molecule is CN1C(=O)C(NC(=O)c2cc(Oc3ccccc3)ccn2)COc2ccc(C#CC(C)(C)CO)cc21. The second-order valence-corrected chi connectivity index (χ2v) is 9.00. The van der Waals surface area contributed by atoms with E-state index in [0.29, 0.717) is 28.5 Å². The molecule has 0 spiro atoms. The van der Waals surface area contributed by atoms with Gasteiger partial charge in [0, 0.05) is 30.3 Å². The highest BCUT2D eigenvalue weighted by Gasteiger charge is 2.31. The first-order valence-corrected chi connectivity index (χ1v) is 11.4. The number of hydrogen-bond donors (Lipinski definition) is 2. The fourth-order valence-electron chi connectivity index (χ4n) is 3.42. The van der Waals surface area contributed by atoms with E-state index in [1.54, 1.807) is 43.4 Å². The van der Waals surface area contributed by atoms with E-state index >= 15 is 0 Å². The van der Waals surface area contributed by atoms with Crippen molar-refractivity contribution >= 4 is 17.5 Å². The van der Waals surface area contributed by atoms with Crippen LogP contribution in [0.25, 0.3) is 0 Å². The summed E-state index contributed by atoms with van der Waals surface area (Å²) in [4.78, 5) is 31.7. The molecule has 2 amide bonds. The number of likely N-dealkylation sites (N-methyl/N-ethyl adjacent to an activating group) is 1. The van der Waals surface area contributed by atoms with Gasteiger partial charge in [0.2, 0.25) is 0 Å². The number of benzene rings is 2. The number of carbonyl (C=O) groups is 2. The van der Waals surface area contributed by atoms with Crippen molar-refractivity contribution in [3.05, 3.63) is 78.1 Å². The zero-order valence-corrected chi connectivity index (χ0v) is 20.3. The molecule has 0 saturated heterocycles. The zero-order valence-electron chi connectivity index (χ0n) is 20.3. The molecule has 1 aliphatic rings. The number of rotatable bonds is 5. The fourth-order valence-corrected chi connectivity index (χ4v) is 3.42. The number of aliphatic hydroxyl groups is 1. The molecule has 0 radical (unpaired) electrons. The molecule has 1 atom stereocenters. The van der Waals surface area contributed by atoms with Gasteiger partial charge >= 0.3 is 0 Å². The van der Waals surface area contributed by atoms with Crippen LogP contribution in [0.4, 0.5) is 5.69 Å². The summed E-state index contributed by atoms with van der Waals surface area (Å²) in [6.07, 6.45) is 1.47. The number of para-hydroxylation sites is 1. The third kappa shape index (κ3) is 5.82. The van der Waals surface area contributed by atoms with Gasteiger partial charge in [-0.15, -0.1) is 0 Å². The summed E-state index contributed by atoms with van der Waals surface area (Å²) in [5.74, 6) is 6.80. The first-order valence-electron chi connectivity index (χ1n) is 11.4. The van der Waals surface area contributed by atoms with Gasteiger partial charge in [0.15, 0.2) is 0 Å². The van der Waals surface area contributed by atoms with Crippen LogP contribution in [0.3, 0.4) is 0 Å². The van der Waals surface area contributed by atoms with Crippen LogP contribution in [0.1, 0.15) is 29.9 Å². The van der Waals surface area contributed by atoms with Gasteiger partial charge in [-0.2, -0.15) is 0 Å². The molecule has 1 aromatic heterocycles. The van der Waals surface area contributed by atoms with Gasteiger partial charge in [-0.3, -0.25) is 14.6 Å². The van der Waals surface area contributed by atoms with E-state index in [9.17, 15) is 14.7 Å². The number of nitrogens with zero attached hydrogens (tertiary/aromatic N) is 2. The molecular weight excluding hydrogens is 458 g/mol. The third-order valence-electron chi connectivity index (χ3n) is 5.54. The minimum absolute atomic E-state index is 0.0370. The van der Waals surface area contributed by atoms with Crippen LogP contribution in [-0.4, -0.2) is 48.2 Å². The van der Waals surface area contributed by atoms with E-state index in [-0.39, 0.29) is 24.8 Å².